The second kappa shape index (κ2) is 4.01. The van der Waals surface area contributed by atoms with Crippen molar-refractivity contribution in [3.8, 4) is 5.75 Å². The van der Waals surface area contributed by atoms with Crippen LogP contribution in [0.15, 0.2) is 24.3 Å². The Bertz CT molecular complexity index is 311. The average molecular weight is 191 g/mol. The Balaban J connectivity index is 2.13. The third-order valence-corrected chi connectivity index (χ3v) is 2.86. The van der Waals surface area contributed by atoms with E-state index >= 15 is 0 Å². The van der Waals surface area contributed by atoms with E-state index in [0.29, 0.717) is 12.0 Å². The number of rotatable bonds is 3. The summed E-state index contributed by atoms with van der Waals surface area (Å²) in [4.78, 5) is 0. The fraction of sp³-hybridized carbons (Fsp3) is 0.500. The normalized spacial score (nSPS) is 25.6. The molecule has 0 spiro atoms. The predicted molar refractivity (Wildman–Crippen MR) is 57.8 cm³/mol. The molecule has 0 aliphatic carbocycles. The summed E-state index contributed by atoms with van der Waals surface area (Å²) in [6, 6.07) is 9.04. The van der Waals surface area contributed by atoms with Gasteiger partial charge in [0.1, 0.15) is 5.75 Å². The van der Waals surface area contributed by atoms with E-state index in [1.165, 1.54) is 5.56 Å². The van der Waals surface area contributed by atoms with E-state index in [2.05, 4.69) is 30.4 Å². The van der Waals surface area contributed by atoms with Gasteiger partial charge in [0.2, 0.25) is 0 Å². The molecule has 1 heterocycles. The molecule has 2 atom stereocenters. The van der Waals surface area contributed by atoms with Gasteiger partial charge in [-0.3, -0.25) is 0 Å². The molecule has 0 radical (unpaired) electrons. The van der Waals surface area contributed by atoms with Crippen molar-refractivity contribution in [1.29, 1.82) is 0 Å². The van der Waals surface area contributed by atoms with Crippen molar-refractivity contribution in [2.75, 3.05) is 13.2 Å². The molecule has 1 N–H and O–H groups in total. The lowest BCUT2D eigenvalue weighted by atomic mass is 9.86. The van der Waals surface area contributed by atoms with Crippen molar-refractivity contribution in [3.63, 3.8) is 0 Å². The standard InChI is InChI=1S/C12H17NO/c1-3-14-11-6-4-5-10(7-11)12-8-13-9(12)2/h4-7,9,12-13H,3,8H2,1-2H3. The van der Waals surface area contributed by atoms with E-state index < -0.39 is 0 Å². The van der Waals surface area contributed by atoms with E-state index in [1.54, 1.807) is 0 Å². The molecule has 1 aliphatic rings. The third-order valence-electron chi connectivity index (χ3n) is 2.86. The molecule has 2 unspecified atom stereocenters. The quantitative estimate of drug-likeness (QED) is 0.790. The van der Waals surface area contributed by atoms with Crippen molar-refractivity contribution in [1.82, 2.24) is 5.32 Å². The molecule has 2 nitrogen and oxygen atoms in total. The topological polar surface area (TPSA) is 21.3 Å². The smallest absolute Gasteiger partial charge is 0.119 e. The van der Waals surface area contributed by atoms with E-state index in [9.17, 15) is 0 Å². The van der Waals surface area contributed by atoms with Gasteiger partial charge in [-0.1, -0.05) is 12.1 Å². The average Bonchev–Trinajstić information content (AvgIpc) is 2.17. The lowest BCUT2D eigenvalue weighted by molar-refractivity contribution is 0.325. The van der Waals surface area contributed by atoms with Gasteiger partial charge in [0, 0.05) is 18.5 Å². The number of benzene rings is 1. The second-order valence-electron chi connectivity index (χ2n) is 3.81. The number of hydrogen-bond acceptors (Lipinski definition) is 2. The molecule has 1 aliphatic heterocycles. The van der Waals surface area contributed by atoms with E-state index in [0.717, 1.165) is 18.9 Å². The van der Waals surface area contributed by atoms with Gasteiger partial charge in [-0.05, 0) is 31.5 Å². The maximum Gasteiger partial charge on any atom is 0.119 e. The monoisotopic (exact) mass is 191 g/mol. The van der Waals surface area contributed by atoms with Crippen molar-refractivity contribution < 1.29 is 4.74 Å². The molecule has 0 saturated carbocycles. The van der Waals surface area contributed by atoms with Crippen LogP contribution in [-0.4, -0.2) is 19.2 Å². The fourth-order valence-electron chi connectivity index (χ4n) is 1.88. The molecule has 0 amide bonds. The second-order valence-corrected chi connectivity index (χ2v) is 3.81. The number of nitrogens with one attached hydrogen (secondary N) is 1. The molecule has 2 rings (SSSR count). The van der Waals surface area contributed by atoms with Gasteiger partial charge >= 0.3 is 0 Å². The molecule has 14 heavy (non-hydrogen) atoms. The summed E-state index contributed by atoms with van der Waals surface area (Å²) in [6.07, 6.45) is 0. The summed E-state index contributed by atoms with van der Waals surface area (Å²) >= 11 is 0. The molecule has 0 bridgehead atoms. The highest BCUT2D eigenvalue weighted by Gasteiger charge is 2.27. The summed E-state index contributed by atoms with van der Waals surface area (Å²) in [6.45, 7) is 6.07. The van der Waals surface area contributed by atoms with Gasteiger partial charge in [-0.25, -0.2) is 0 Å². The zero-order chi connectivity index (χ0) is 9.97. The van der Waals surface area contributed by atoms with Crippen LogP contribution < -0.4 is 10.1 Å². The van der Waals surface area contributed by atoms with Crippen LogP contribution in [0.1, 0.15) is 25.3 Å². The first-order valence-corrected chi connectivity index (χ1v) is 5.27. The lowest BCUT2D eigenvalue weighted by Gasteiger charge is -2.36. The highest BCUT2D eigenvalue weighted by molar-refractivity contribution is 5.33. The third kappa shape index (κ3) is 1.75. The lowest BCUT2D eigenvalue weighted by Crippen LogP contribution is -2.48. The first kappa shape index (κ1) is 9.53. The molecular formula is C12H17NO. The Kier molecular flexibility index (Phi) is 2.73. The molecule has 1 saturated heterocycles. The molecule has 0 aromatic heterocycles. The van der Waals surface area contributed by atoms with Crippen molar-refractivity contribution in [2.24, 2.45) is 0 Å². The zero-order valence-electron chi connectivity index (χ0n) is 8.79. The van der Waals surface area contributed by atoms with Crippen LogP contribution in [0.4, 0.5) is 0 Å². The van der Waals surface area contributed by atoms with Gasteiger partial charge in [0.15, 0.2) is 0 Å². The highest BCUT2D eigenvalue weighted by Crippen LogP contribution is 2.28. The summed E-state index contributed by atoms with van der Waals surface area (Å²) < 4.78 is 5.48. The predicted octanol–water partition coefficient (Wildman–Crippen LogP) is 2.16. The number of hydrogen-bond donors (Lipinski definition) is 1. The summed E-state index contributed by atoms with van der Waals surface area (Å²) in [5, 5.41) is 3.37. The van der Waals surface area contributed by atoms with E-state index in [4.69, 9.17) is 4.74 Å². The Morgan fingerprint density at radius 2 is 2.36 bits per heavy atom. The van der Waals surface area contributed by atoms with Crippen LogP contribution in [0.3, 0.4) is 0 Å². The van der Waals surface area contributed by atoms with Crippen LogP contribution in [0.2, 0.25) is 0 Å². The van der Waals surface area contributed by atoms with Gasteiger partial charge in [0.25, 0.3) is 0 Å². The molecule has 1 fully saturated rings. The van der Waals surface area contributed by atoms with Gasteiger partial charge in [-0.2, -0.15) is 0 Å². The summed E-state index contributed by atoms with van der Waals surface area (Å²) in [7, 11) is 0. The minimum Gasteiger partial charge on any atom is -0.494 e. The van der Waals surface area contributed by atoms with Crippen LogP contribution in [0.25, 0.3) is 0 Å². The zero-order valence-corrected chi connectivity index (χ0v) is 8.79. The Morgan fingerprint density at radius 1 is 1.50 bits per heavy atom. The molecule has 76 valence electrons. The Morgan fingerprint density at radius 3 is 2.93 bits per heavy atom. The fourth-order valence-corrected chi connectivity index (χ4v) is 1.88. The molecule has 1 aromatic rings. The first-order valence-electron chi connectivity index (χ1n) is 5.27. The number of ether oxygens (including phenoxy) is 1. The van der Waals surface area contributed by atoms with Gasteiger partial charge in [0.05, 0.1) is 6.61 Å². The summed E-state index contributed by atoms with van der Waals surface area (Å²) in [5.41, 5.74) is 1.39. The van der Waals surface area contributed by atoms with Crippen molar-refractivity contribution >= 4 is 0 Å². The van der Waals surface area contributed by atoms with Crippen LogP contribution >= 0.6 is 0 Å². The molecule has 1 aromatic carbocycles. The Hall–Kier alpha value is -1.02. The SMILES string of the molecule is CCOc1cccc(C2CNC2C)c1. The van der Waals surface area contributed by atoms with Crippen LogP contribution in [-0.2, 0) is 0 Å². The molecular weight excluding hydrogens is 174 g/mol. The van der Waals surface area contributed by atoms with E-state index in [-0.39, 0.29) is 0 Å². The maximum absolute atomic E-state index is 5.48. The van der Waals surface area contributed by atoms with Gasteiger partial charge < -0.3 is 10.1 Å². The van der Waals surface area contributed by atoms with E-state index in [1.807, 2.05) is 13.0 Å². The minimum atomic E-state index is 0.604. The maximum atomic E-state index is 5.48. The minimum absolute atomic E-state index is 0.604. The first-order chi connectivity index (χ1) is 6.81. The van der Waals surface area contributed by atoms with Crippen molar-refractivity contribution in [2.45, 2.75) is 25.8 Å². The largest absolute Gasteiger partial charge is 0.494 e. The summed E-state index contributed by atoms with van der Waals surface area (Å²) in [5.74, 6) is 1.65. The highest BCUT2D eigenvalue weighted by atomic mass is 16.5. The van der Waals surface area contributed by atoms with Crippen LogP contribution in [0.5, 0.6) is 5.75 Å². The van der Waals surface area contributed by atoms with Crippen molar-refractivity contribution in [3.05, 3.63) is 29.8 Å². The van der Waals surface area contributed by atoms with Crippen LogP contribution in [0, 0.1) is 0 Å². The Labute approximate surface area is 85.3 Å². The molecule has 2 heteroatoms. The van der Waals surface area contributed by atoms with Gasteiger partial charge in [-0.15, -0.1) is 0 Å².